The number of hydrogen-bond acceptors (Lipinski definition) is 2. The second-order valence-corrected chi connectivity index (χ2v) is 11.5. The van der Waals surface area contributed by atoms with Gasteiger partial charge >= 0.3 is 0 Å². The van der Waals surface area contributed by atoms with Crippen LogP contribution in [0.5, 0.6) is 11.5 Å². The third kappa shape index (κ3) is 2.82. The van der Waals surface area contributed by atoms with E-state index in [1.54, 1.807) is 0 Å². The van der Waals surface area contributed by atoms with Crippen molar-refractivity contribution in [1.29, 1.82) is 0 Å². The van der Waals surface area contributed by atoms with Gasteiger partial charge in [-0.1, -0.05) is 71.3 Å². The fourth-order valence-corrected chi connectivity index (χ4v) is 7.60. The fraction of sp³-hybridized carbons (Fsp3) is 0.257. The van der Waals surface area contributed by atoms with Crippen molar-refractivity contribution in [3.63, 3.8) is 0 Å². The monoisotopic (exact) mass is 484 g/mol. The molecule has 0 saturated heterocycles. The summed E-state index contributed by atoms with van der Waals surface area (Å²) in [6.07, 6.45) is 0.873. The Morgan fingerprint density at radius 3 is 1.81 bits per heavy atom. The van der Waals surface area contributed by atoms with Crippen LogP contribution in [0.2, 0.25) is 0 Å². The molecule has 3 unspecified atom stereocenters. The minimum absolute atomic E-state index is 0.000852. The lowest BCUT2D eigenvalue weighted by atomic mass is 9.77. The number of phenols is 2. The number of rotatable bonds is 1. The van der Waals surface area contributed by atoms with E-state index in [4.69, 9.17) is 0 Å². The van der Waals surface area contributed by atoms with Crippen molar-refractivity contribution in [1.82, 2.24) is 0 Å². The standard InChI is InChI=1S/C35H32O2/c1-17(2)25-16-22-14-20-10-6-7-11-21(20)15-26(22)29(25)28-19(5)34(36)32-30-23-12-8-9-13-24(23)31(27(30)18(3)4)33(32)35(28)37/h6-15,29-31,36-37H,16H2,1-5H3. The van der Waals surface area contributed by atoms with Crippen molar-refractivity contribution < 1.29 is 10.2 Å². The topological polar surface area (TPSA) is 40.5 Å². The normalized spacial score (nSPS) is 20.8. The Morgan fingerprint density at radius 2 is 1.22 bits per heavy atom. The highest BCUT2D eigenvalue weighted by Gasteiger charge is 2.50. The van der Waals surface area contributed by atoms with Crippen LogP contribution < -0.4 is 0 Å². The van der Waals surface area contributed by atoms with E-state index in [1.807, 2.05) is 6.92 Å². The zero-order valence-electron chi connectivity index (χ0n) is 22.1. The molecule has 2 nitrogen and oxygen atoms in total. The van der Waals surface area contributed by atoms with Crippen molar-refractivity contribution in [3.05, 3.63) is 127 Å². The Labute approximate surface area is 218 Å². The highest BCUT2D eigenvalue weighted by Crippen LogP contribution is 2.67. The highest BCUT2D eigenvalue weighted by molar-refractivity contribution is 5.86. The van der Waals surface area contributed by atoms with E-state index >= 15 is 0 Å². The molecule has 2 N–H and O–H groups in total. The third-order valence-electron chi connectivity index (χ3n) is 9.19. The van der Waals surface area contributed by atoms with E-state index in [2.05, 4.69) is 88.4 Å². The number of hydrogen-bond donors (Lipinski definition) is 2. The molecule has 3 atom stereocenters. The van der Waals surface area contributed by atoms with Gasteiger partial charge in [-0.05, 0) is 91.3 Å². The first-order valence-corrected chi connectivity index (χ1v) is 13.3. The molecular formula is C35H32O2. The number of aromatic hydroxyl groups is 2. The number of fused-ring (bicyclic) bond motifs is 10. The Bertz CT molecular complexity index is 1720. The molecule has 0 saturated carbocycles. The molecule has 0 spiro atoms. The Hall–Kier alpha value is -3.78. The van der Waals surface area contributed by atoms with E-state index in [9.17, 15) is 10.2 Å². The van der Waals surface area contributed by atoms with E-state index in [-0.39, 0.29) is 17.8 Å². The average Bonchev–Trinajstić information content (AvgIpc) is 3.54. The molecule has 0 aliphatic heterocycles. The number of phenolic OH excluding ortho intramolecular Hbond substituents is 2. The van der Waals surface area contributed by atoms with Crippen LogP contribution in [0.3, 0.4) is 0 Å². The van der Waals surface area contributed by atoms with E-state index in [0.29, 0.717) is 11.5 Å². The van der Waals surface area contributed by atoms with Gasteiger partial charge in [-0.2, -0.15) is 0 Å². The molecular weight excluding hydrogens is 452 g/mol. The van der Waals surface area contributed by atoms with Gasteiger partial charge in [0.2, 0.25) is 0 Å². The third-order valence-corrected chi connectivity index (χ3v) is 9.19. The molecule has 7 rings (SSSR count). The Balaban J connectivity index is 1.53. The van der Waals surface area contributed by atoms with Crippen LogP contribution in [0.25, 0.3) is 10.8 Å². The molecule has 37 heavy (non-hydrogen) atoms. The minimum atomic E-state index is -0.0645. The van der Waals surface area contributed by atoms with Crippen molar-refractivity contribution in [2.24, 2.45) is 0 Å². The molecule has 3 aliphatic rings. The summed E-state index contributed by atoms with van der Waals surface area (Å²) in [5.74, 6) is 0.675. The van der Waals surface area contributed by atoms with Crippen LogP contribution >= 0.6 is 0 Å². The fourth-order valence-electron chi connectivity index (χ4n) is 7.60. The second kappa shape index (κ2) is 7.61. The Kier molecular flexibility index (Phi) is 4.61. The SMILES string of the molecule is CC(C)=C1Cc2cc3ccccc3cc2C1c1c(C)c(O)c2c(c1O)C1C(=C(C)C)C2c2ccccc21. The van der Waals surface area contributed by atoms with Gasteiger partial charge in [0, 0.05) is 34.4 Å². The van der Waals surface area contributed by atoms with E-state index in [0.717, 1.165) is 28.7 Å². The molecule has 184 valence electrons. The summed E-state index contributed by atoms with van der Waals surface area (Å²) in [5.41, 5.74) is 13.8. The number of benzene rings is 4. The van der Waals surface area contributed by atoms with Gasteiger partial charge in [-0.3, -0.25) is 0 Å². The summed E-state index contributed by atoms with van der Waals surface area (Å²) in [5, 5.41) is 26.5. The molecule has 2 bridgehead atoms. The van der Waals surface area contributed by atoms with E-state index < -0.39 is 0 Å². The molecule has 2 heteroatoms. The lowest BCUT2D eigenvalue weighted by Gasteiger charge is -2.27. The largest absolute Gasteiger partial charge is 0.507 e. The molecule has 0 radical (unpaired) electrons. The predicted molar refractivity (Wildman–Crippen MR) is 151 cm³/mol. The van der Waals surface area contributed by atoms with Gasteiger partial charge in [0.05, 0.1) is 0 Å². The molecule has 3 aliphatic carbocycles. The summed E-state index contributed by atoms with van der Waals surface area (Å²) in [7, 11) is 0. The second-order valence-electron chi connectivity index (χ2n) is 11.5. The van der Waals surface area contributed by atoms with Crippen LogP contribution in [0.15, 0.2) is 83.0 Å². The van der Waals surface area contributed by atoms with Gasteiger partial charge in [0.1, 0.15) is 11.5 Å². The summed E-state index contributed by atoms with van der Waals surface area (Å²) in [4.78, 5) is 0. The maximum absolute atomic E-state index is 12.2. The van der Waals surface area contributed by atoms with Gasteiger partial charge in [-0.15, -0.1) is 0 Å². The average molecular weight is 485 g/mol. The Morgan fingerprint density at radius 1 is 0.649 bits per heavy atom. The van der Waals surface area contributed by atoms with Crippen LogP contribution in [0.1, 0.15) is 90.0 Å². The first kappa shape index (κ1) is 22.4. The van der Waals surface area contributed by atoms with Crippen molar-refractivity contribution in [2.45, 2.75) is 58.8 Å². The van der Waals surface area contributed by atoms with E-state index in [1.165, 1.54) is 55.3 Å². The summed E-state index contributed by atoms with van der Waals surface area (Å²) in [6, 6.07) is 21.7. The van der Waals surface area contributed by atoms with Crippen molar-refractivity contribution >= 4 is 10.8 Å². The quantitative estimate of drug-likeness (QED) is 0.210. The maximum atomic E-state index is 12.2. The highest BCUT2D eigenvalue weighted by atomic mass is 16.3. The van der Waals surface area contributed by atoms with Gasteiger partial charge in [-0.25, -0.2) is 0 Å². The first-order chi connectivity index (χ1) is 17.8. The molecule has 0 heterocycles. The zero-order chi connectivity index (χ0) is 25.7. The van der Waals surface area contributed by atoms with Crippen molar-refractivity contribution in [2.75, 3.05) is 0 Å². The molecule has 0 aromatic heterocycles. The smallest absolute Gasteiger partial charge is 0.124 e. The van der Waals surface area contributed by atoms with Crippen LogP contribution in [0, 0.1) is 6.92 Å². The van der Waals surface area contributed by atoms with Gasteiger partial charge in [0.25, 0.3) is 0 Å². The van der Waals surface area contributed by atoms with Crippen LogP contribution in [-0.4, -0.2) is 10.2 Å². The van der Waals surface area contributed by atoms with Crippen LogP contribution in [0.4, 0.5) is 0 Å². The zero-order valence-corrected chi connectivity index (χ0v) is 22.1. The van der Waals surface area contributed by atoms with Gasteiger partial charge in [0.15, 0.2) is 0 Å². The minimum Gasteiger partial charge on any atom is -0.507 e. The van der Waals surface area contributed by atoms with Crippen molar-refractivity contribution in [3.8, 4) is 11.5 Å². The lowest BCUT2D eigenvalue weighted by Crippen LogP contribution is -2.10. The first-order valence-electron chi connectivity index (χ1n) is 13.3. The summed E-state index contributed by atoms with van der Waals surface area (Å²) in [6.45, 7) is 10.7. The molecule has 0 amide bonds. The number of allylic oxidation sites excluding steroid dienone is 4. The maximum Gasteiger partial charge on any atom is 0.124 e. The van der Waals surface area contributed by atoms with Crippen LogP contribution in [-0.2, 0) is 6.42 Å². The molecule has 4 aromatic carbocycles. The predicted octanol–water partition coefficient (Wildman–Crippen LogP) is 8.51. The van der Waals surface area contributed by atoms with Gasteiger partial charge < -0.3 is 10.2 Å². The molecule has 4 aromatic rings. The lowest BCUT2D eigenvalue weighted by molar-refractivity contribution is 0.439. The molecule has 0 fully saturated rings. The summed E-state index contributed by atoms with van der Waals surface area (Å²) >= 11 is 0. The summed E-state index contributed by atoms with van der Waals surface area (Å²) < 4.78 is 0.